The second-order valence-electron chi connectivity index (χ2n) is 5.95. The molecule has 0 aromatic heterocycles. The Labute approximate surface area is 180 Å². The number of nitrogens with zero attached hydrogens (tertiary/aromatic N) is 2. The second-order valence-corrected chi connectivity index (χ2v) is 8.50. The topological polar surface area (TPSA) is 82.9 Å². The van der Waals surface area contributed by atoms with Crippen molar-refractivity contribution in [2.45, 2.75) is 18.6 Å². The van der Waals surface area contributed by atoms with Crippen LogP contribution in [0.4, 0.5) is 5.69 Å². The lowest BCUT2D eigenvalue weighted by molar-refractivity contribution is -0.122. The van der Waals surface area contributed by atoms with E-state index < -0.39 is 5.25 Å². The van der Waals surface area contributed by atoms with Gasteiger partial charge in [0.1, 0.15) is 5.25 Å². The van der Waals surface area contributed by atoms with E-state index in [1.165, 1.54) is 11.8 Å². The average Bonchev–Trinajstić information content (AvgIpc) is 3.01. The third kappa shape index (κ3) is 5.67. The van der Waals surface area contributed by atoms with Gasteiger partial charge in [-0.1, -0.05) is 51.4 Å². The summed E-state index contributed by atoms with van der Waals surface area (Å²) in [6.45, 7) is 1.82. The van der Waals surface area contributed by atoms with Gasteiger partial charge in [0.25, 0.3) is 0 Å². The molecule has 1 unspecified atom stereocenters. The van der Waals surface area contributed by atoms with Gasteiger partial charge in [-0.15, -0.1) is 5.10 Å². The van der Waals surface area contributed by atoms with Gasteiger partial charge in [-0.3, -0.25) is 9.59 Å². The number of carbonyl (C=O) groups excluding carboxylic acids is 2. The van der Waals surface area contributed by atoms with Gasteiger partial charge >= 0.3 is 0 Å². The first-order valence-electron chi connectivity index (χ1n) is 8.32. The van der Waals surface area contributed by atoms with Crippen LogP contribution in [0.25, 0.3) is 0 Å². The summed E-state index contributed by atoms with van der Waals surface area (Å²) < 4.78 is 0.923. The Bertz CT molecular complexity index is 945. The predicted octanol–water partition coefficient (Wildman–Crippen LogP) is 4.44. The van der Waals surface area contributed by atoms with Gasteiger partial charge in [0, 0.05) is 21.6 Å². The summed E-state index contributed by atoms with van der Waals surface area (Å²) in [6.07, 6.45) is 0.0471. The summed E-state index contributed by atoms with van der Waals surface area (Å²) in [5.41, 5.74) is 2.25. The number of hydrogen-bond donors (Lipinski definition) is 2. The molecule has 1 heterocycles. The predicted molar refractivity (Wildman–Crippen MR) is 118 cm³/mol. The van der Waals surface area contributed by atoms with Gasteiger partial charge < -0.3 is 10.6 Å². The normalized spacial score (nSPS) is 18.2. The van der Waals surface area contributed by atoms with Gasteiger partial charge in [-0.25, -0.2) is 0 Å². The summed E-state index contributed by atoms with van der Waals surface area (Å²) in [7, 11) is 0. The molecule has 2 aromatic carbocycles. The molecular weight excluding hydrogens is 464 g/mol. The third-order valence-electron chi connectivity index (χ3n) is 3.83. The van der Waals surface area contributed by atoms with Crippen LogP contribution in [0.1, 0.15) is 18.9 Å². The van der Waals surface area contributed by atoms with Crippen LogP contribution in [-0.4, -0.2) is 27.9 Å². The lowest BCUT2D eigenvalue weighted by atomic mass is 10.1. The van der Waals surface area contributed by atoms with Gasteiger partial charge in [-0.2, -0.15) is 5.10 Å². The van der Waals surface area contributed by atoms with E-state index in [2.05, 4.69) is 36.8 Å². The summed E-state index contributed by atoms with van der Waals surface area (Å²) in [5, 5.41) is 14.2. The van der Waals surface area contributed by atoms with Crippen molar-refractivity contribution in [3.05, 3.63) is 63.6 Å². The van der Waals surface area contributed by atoms with Gasteiger partial charge in [-0.05, 0) is 48.9 Å². The Morgan fingerprint density at radius 2 is 1.89 bits per heavy atom. The Morgan fingerprint density at radius 3 is 2.57 bits per heavy atom. The maximum atomic E-state index is 12.2. The molecule has 1 saturated heterocycles. The highest BCUT2D eigenvalue weighted by atomic mass is 79.9. The zero-order chi connectivity index (χ0) is 20.1. The SMILES string of the molecule is CC(=N/N=C1\NC(=O)C(CC(=O)Nc2ccc(Br)cc2)S1)c1ccc(Cl)cc1. The molecule has 0 radical (unpaired) electrons. The van der Waals surface area contributed by atoms with Crippen LogP contribution in [0.3, 0.4) is 0 Å². The first-order valence-corrected chi connectivity index (χ1v) is 10.4. The quantitative estimate of drug-likeness (QED) is 0.491. The molecule has 0 bridgehead atoms. The zero-order valence-corrected chi connectivity index (χ0v) is 17.9. The van der Waals surface area contributed by atoms with Crippen LogP contribution < -0.4 is 10.6 Å². The van der Waals surface area contributed by atoms with Crippen molar-refractivity contribution in [1.82, 2.24) is 5.32 Å². The number of rotatable bonds is 5. The van der Waals surface area contributed by atoms with Crippen molar-refractivity contribution < 1.29 is 9.59 Å². The maximum absolute atomic E-state index is 12.2. The zero-order valence-electron chi connectivity index (χ0n) is 14.8. The number of anilines is 1. The molecule has 6 nitrogen and oxygen atoms in total. The maximum Gasteiger partial charge on any atom is 0.240 e. The fourth-order valence-electron chi connectivity index (χ4n) is 2.37. The number of benzene rings is 2. The molecule has 1 fully saturated rings. The lowest BCUT2D eigenvalue weighted by Gasteiger charge is -2.07. The van der Waals surface area contributed by atoms with Crippen molar-refractivity contribution in [1.29, 1.82) is 0 Å². The summed E-state index contributed by atoms with van der Waals surface area (Å²) >= 11 is 10.4. The Kier molecular flexibility index (Phi) is 6.88. The number of thioether (sulfide) groups is 1. The van der Waals surface area contributed by atoms with E-state index in [1.54, 1.807) is 24.3 Å². The summed E-state index contributed by atoms with van der Waals surface area (Å²) in [4.78, 5) is 24.3. The first kappa shape index (κ1) is 20.6. The minimum absolute atomic E-state index is 0.0471. The number of hydrogen-bond acceptors (Lipinski definition) is 5. The molecule has 1 atom stereocenters. The Balaban J connectivity index is 1.58. The molecule has 144 valence electrons. The standard InChI is InChI=1S/C19H16BrClN4O2S/c1-11(12-2-6-14(21)7-3-12)24-25-19-23-18(27)16(28-19)10-17(26)22-15-8-4-13(20)5-9-15/h2-9,16H,10H2,1H3,(H,22,26)(H,23,25,27). The smallest absolute Gasteiger partial charge is 0.240 e. The molecule has 3 rings (SSSR count). The van der Waals surface area contributed by atoms with Crippen molar-refractivity contribution >= 4 is 67.7 Å². The number of halogens is 2. The van der Waals surface area contributed by atoms with E-state index in [4.69, 9.17) is 11.6 Å². The highest BCUT2D eigenvalue weighted by molar-refractivity contribution is 9.10. The molecule has 0 saturated carbocycles. The molecule has 2 amide bonds. The largest absolute Gasteiger partial charge is 0.326 e. The molecule has 28 heavy (non-hydrogen) atoms. The van der Waals surface area contributed by atoms with Crippen LogP contribution in [0, 0.1) is 0 Å². The van der Waals surface area contributed by atoms with Crippen molar-refractivity contribution in [2.75, 3.05) is 5.32 Å². The summed E-state index contributed by atoms with van der Waals surface area (Å²) in [5.74, 6) is -0.494. The highest BCUT2D eigenvalue weighted by Crippen LogP contribution is 2.23. The minimum atomic E-state index is -0.541. The number of amides is 2. The molecule has 9 heteroatoms. The lowest BCUT2D eigenvalue weighted by Crippen LogP contribution is -2.28. The van der Waals surface area contributed by atoms with E-state index in [9.17, 15) is 9.59 Å². The summed E-state index contributed by atoms with van der Waals surface area (Å²) in [6, 6.07) is 14.5. The minimum Gasteiger partial charge on any atom is -0.326 e. The number of carbonyl (C=O) groups is 2. The monoisotopic (exact) mass is 478 g/mol. The van der Waals surface area contributed by atoms with Crippen LogP contribution in [0.15, 0.2) is 63.2 Å². The Hall–Kier alpha value is -2.16. The fourth-order valence-corrected chi connectivity index (χ4v) is 3.68. The third-order valence-corrected chi connectivity index (χ3v) is 5.68. The molecular formula is C19H16BrClN4O2S. The van der Waals surface area contributed by atoms with Crippen LogP contribution in [0.2, 0.25) is 5.02 Å². The van der Waals surface area contributed by atoms with E-state index in [0.717, 1.165) is 10.0 Å². The van der Waals surface area contributed by atoms with Crippen LogP contribution >= 0.6 is 39.3 Å². The first-order chi connectivity index (χ1) is 13.4. The van der Waals surface area contributed by atoms with E-state index in [1.807, 2.05) is 31.2 Å². The highest BCUT2D eigenvalue weighted by Gasteiger charge is 2.32. The fraction of sp³-hybridized carbons (Fsp3) is 0.158. The second kappa shape index (κ2) is 9.36. The molecule has 1 aliphatic rings. The molecule has 2 aromatic rings. The van der Waals surface area contributed by atoms with Crippen LogP contribution in [-0.2, 0) is 9.59 Å². The van der Waals surface area contributed by atoms with Gasteiger partial charge in [0.2, 0.25) is 11.8 Å². The molecule has 0 aliphatic carbocycles. The van der Waals surface area contributed by atoms with Crippen molar-refractivity contribution in [3.8, 4) is 0 Å². The van der Waals surface area contributed by atoms with Gasteiger partial charge in [0.15, 0.2) is 5.17 Å². The van der Waals surface area contributed by atoms with E-state index in [0.29, 0.717) is 21.6 Å². The number of nitrogens with one attached hydrogen (secondary N) is 2. The van der Waals surface area contributed by atoms with E-state index in [-0.39, 0.29) is 18.2 Å². The molecule has 0 spiro atoms. The number of amidine groups is 1. The van der Waals surface area contributed by atoms with Crippen LogP contribution in [0.5, 0.6) is 0 Å². The average molecular weight is 480 g/mol. The molecule has 1 aliphatic heterocycles. The Morgan fingerprint density at radius 1 is 1.21 bits per heavy atom. The van der Waals surface area contributed by atoms with Gasteiger partial charge in [0.05, 0.1) is 5.71 Å². The van der Waals surface area contributed by atoms with E-state index >= 15 is 0 Å². The van der Waals surface area contributed by atoms with Crippen molar-refractivity contribution in [2.24, 2.45) is 10.2 Å². The van der Waals surface area contributed by atoms with Crippen molar-refractivity contribution in [3.63, 3.8) is 0 Å². The molecule has 2 N–H and O–H groups in total.